The maximum atomic E-state index is 12.1. The van der Waals surface area contributed by atoms with Crippen molar-refractivity contribution >= 4 is 16.9 Å². The van der Waals surface area contributed by atoms with Gasteiger partial charge in [-0.2, -0.15) is 0 Å². The second kappa shape index (κ2) is 7.91. The van der Waals surface area contributed by atoms with Crippen LogP contribution in [0.4, 0.5) is 0 Å². The third-order valence-corrected chi connectivity index (χ3v) is 4.10. The van der Waals surface area contributed by atoms with Gasteiger partial charge < -0.3 is 19.0 Å². The molecular weight excluding hydrogens is 336 g/mol. The van der Waals surface area contributed by atoms with Crippen LogP contribution in [0.1, 0.15) is 39.7 Å². The van der Waals surface area contributed by atoms with Crippen LogP contribution in [0.2, 0.25) is 0 Å². The quantitative estimate of drug-likeness (QED) is 0.602. The molecule has 1 aromatic heterocycles. The number of hydrogen-bond donors (Lipinski definition) is 1. The van der Waals surface area contributed by atoms with Crippen LogP contribution in [0.15, 0.2) is 33.5 Å². The lowest BCUT2D eigenvalue weighted by molar-refractivity contribution is -0.162. The first-order chi connectivity index (χ1) is 12.1. The molecule has 0 bridgehead atoms. The smallest absolute Gasteiger partial charge is 0.336 e. The SMILES string of the molecule is COc1ccc2ccc(=O)oc2c1C[C@@H](OC(=O)CC(C)C)C(C)(C)O. The highest BCUT2D eigenvalue weighted by Crippen LogP contribution is 2.31. The molecule has 0 radical (unpaired) electrons. The largest absolute Gasteiger partial charge is 0.496 e. The van der Waals surface area contributed by atoms with Crippen LogP contribution in [0.5, 0.6) is 5.75 Å². The summed E-state index contributed by atoms with van der Waals surface area (Å²) in [5.74, 6) is 0.267. The Labute approximate surface area is 152 Å². The van der Waals surface area contributed by atoms with Crippen molar-refractivity contribution in [2.45, 2.75) is 52.2 Å². The molecule has 0 saturated heterocycles. The van der Waals surface area contributed by atoms with E-state index in [1.54, 1.807) is 32.0 Å². The van der Waals surface area contributed by atoms with E-state index in [0.29, 0.717) is 16.9 Å². The monoisotopic (exact) mass is 362 g/mol. The van der Waals surface area contributed by atoms with Crippen molar-refractivity contribution in [2.24, 2.45) is 5.92 Å². The van der Waals surface area contributed by atoms with Gasteiger partial charge in [0, 0.05) is 29.9 Å². The van der Waals surface area contributed by atoms with E-state index in [4.69, 9.17) is 13.9 Å². The average Bonchev–Trinajstić information content (AvgIpc) is 2.52. The lowest BCUT2D eigenvalue weighted by atomic mass is 9.93. The predicted molar refractivity (Wildman–Crippen MR) is 98.4 cm³/mol. The number of carbonyl (C=O) groups is 1. The summed E-state index contributed by atoms with van der Waals surface area (Å²) in [5, 5.41) is 11.2. The van der Waals surface area contributed by atoms with Gasteiger partial charge in [-0.25, -0.2) is 4.79 Å². The Morgan fingerprint density at radius 2 is 1.88 bits per heavy atom. The van der Waals surface area contributed by atoms with Crippen molar-refractivity contribution in [1.82, 2.24) is 0 Å². The lowest BCUT2D eigenvalue weighted by Gasteiger charge is -2.30. The molecule has 0 unspecified atom stereocenters. The molecule has 0 saturated carbocycles. The Morgan fingerprint density at radius 1 is 1.23 bits per heavy atom. The Balaban J connectivity index is 2.45. The third-order valence-electron chi connectivity index (χ3n) is 4.10. The van der Waals surface area contributed by atoms with E-state index in [2.05, 4.69) is 0 Å². The number of fused-ring (bicyclic) bond motifs is 1. The molecule has 0 amide bonds. The van der Waals surface area contributed by atoms with E-state index in [0.717, 1.165) is 5.39 Å². The molecule has 1 N–H and O–H groups in total. The summed E-state index contributed by atoms with van der Waals surface area (Å²) >= 11 is 0. The second-order valence-electron chi connectivity index (χ2n) is 7.35. The molecule has 0 fully saturated rings. The zero-order chi connectivity index (χ0) is 19.5. The first-order valence-electron chi connectivity index (χ1n) is 8.63. The van der Waals surface area contributed by atoms with Gasteiger partial charge in [0.15, 0.2) is 0 Å². The maximum absolute atomic E-state index is 12.1. The summed E-state index contributed by atoms with van der Waals surface area (Å²) < 4.78 is 16.3. The molecule has 1 aromatic carbocycles. The molecule has 1 heterocycles. The molecule has 6 nitrogen and oxygen atoms in total. The summed E-state index contributed by atoms with van der Waals surface area (Å²) in [4.78, 5) is 23.8. The maximum Gasteiger partial charge on any atom is 0.336 e. The first-order valence-corrected chi connectivity index (χ1v) is 8.63. The molecule has 2 rings (SSSR count). The fourth-order valence-corrected chi connectivity index (χ4v) is 2.72. The minimum absolute atomic E-state index is 0.148. The van der Waals surface area contributed by atoms with Crippen molar-refractivity contribution < 1.29 is 23.8 Å². The van der Waals surface area contributed by atoms with Crippen LogP contribution in [0.3, 0.4) is 0 Å². The molecule has 1 atom stereocenters. The van der Waals surface area contributed by atoms with E-state index in [-0.39, 0.29) is 24.7 Å². The summed E-state index contributed by atoms with van der Waals surface area (Å²) in [6, 6.07) is 6.54. The van der Waals surface area contributed by atoms with Crippen molar-refractivity contribution in [3.8, 4) is 5.75 Å². The Bertz CT molecular complexity index is 828. The highest BCUT2D eigenvalue weighted by atomic mass is 16.6. The third kappa shape index (κ3) is 4.85. The molecule has 0 aliphatic heterocycles. The van der Waals surface area contributed by atoms with Gasteiger partial charge in [0.2, 0.25) is 0 Å². The number of rotatable bonds is 7. The summed E-state index contributed by atoms with van der Waals surface area (Å²) in [6.07, 6.45) is -0.409. The summed E-state index contributed by atoms with van der Waals surface area (Å²) in [6.45, 7) is 6.99. The summed E-state index contributed by atoms with van der Waals surface area (Å²) in [5.41, 5.74) is -0.823. The Morgan fingerprint density at radius 3 is 2.46 bits per heavy atom. The number of hydrogen-bond acceptors (Lipinski definition) is 6. The van der Waals surface area contributed by atoms with Gasteiger partial charge in [-0.15, -0.1) is 0 Å². The Kier molecular flexibility index (Phi) is 6.08. The van der Waals surface area contributed by atoms with Crippen LogP contribution in [-0.2, 0) is 16.0 Å². The topological polar surface area (TPSA) is 86.0 Å². The Hall–Kier alpha value is -2.34. The van der Waals surface area contributed by atoms with Gasteiger partial charge in [0.25, 0.3) is 0 Å². The average molecular weight is 362 g/mol. The number of esters is 1. The normalized spacial score (nSPS) is 13.0. The molecule has 6 heteroatoms. The fraction of sp³-hybridized carbons (Fsp3) is 0.500. The van der Waals surface area contributed by atoms with E-state index in [9.17, 15) is 14.7 Å². The molecule has 0 spiro atoms. The van der Waals surface area contributed by atoms with E-state index < -0.39 is 17.3 Å². The second-order valence-corrected chi connectivity index (χ2v) is 7.35. The molecule has 0 aliphatic rings. The molecule has 2 aromatic rings. The number of methoxy groups -OCH3 is 1. The van der Waals surface area contributed by atoms with Crippen molar-refractivity contribution in [3.63, 3.8) is 0 Å². The molecule has 0 aliphatic carbocycles. The van der Waals surface area contributed by atoms with Gasteiger partial charge in [0.1, 0.15) is 17.4 Å². The van der Waals surface area contributed by atoms with Crippen molar-refractivity contribution in [2.75, 3.05) is 7.11 Å². The number of benzene rings is 1. The molecular formula is C20H26O6. The highest BCUT2D eigenvalue weighted by Gasteiger charge is 2.32. The van der Waals surface area contributed by atoms with E-state index in [1.165, 1.54) is 13.2 Å². The number of ether oxygens (including phenoxy) is 2. The predicted octanol–water partition coefficient (Wildman–Crippen LogP) is 3.07. The van der Waals surface area contributed by atoms with Crippen LogP contribution in [-0.4, -0.2) is 29.9 Å². The van der Waals surface area contributed by atoms with E-state index >= 15 is 0 Å². The molecule has 142 valence electrons. The van der Waals surface area contributed by atoms with Gasteiger partial charge in [-0.3, -0.25) is 4.79 Å². The minimum atomic E-state index is -1.28. The van der Waals surface area contributed by atoms with Gasteiger partial charge in [-0.05, 0) is 38.0 Å². The summed E-state index contributed by atoms with van der Waals surface area (Å²) in [7, 11) is 1.51. The zero-order valence-electron chi connectivity index (χ0n) is 15.9. The highest BCUT2D eigenvalue weighted by molar-refractivity contribution is 5.82. The van der Waals surface area contributed by atoms with Crippen molar-refractivity contribution in [1.29, 1.82) is 0 Å². The minimum Gasteiger partial charge on any atom is -0.496 e. The van der Waals surface area contributed by atoms with Gasteiger partial charge in [0.05, 0.1) is 12.7 Å². The van der Waals surface area contributed by atoms with Crippen LogP contribution >= 0.6 is 0 Å². The van der Waals surface area contributed by atoms with Crippen molar-refractivity contribution in [3.05, 3.63) is 40.2 Å². The van der Waals surface area contributed by atoms with Crippen LogP contribution in [0, 0.1) is 5.92 Å². The lowest BCUT2D eigenvalue weighted by Crippen LogP contribution is -2.41. The van der Waals surface area contributed by atoms with Crippen LogP contribution in [0.25, 0.3) is 11.0 Å². The van der Waals surface area contributed by atoms with E-state index in [1.807, 2.05) is 13.8 Å². The van der Waals surface area contributed by atoms with Gasteiger partial charge >= 0.3 is 11.6 Å². The number of aliphatic hydroxyl groups is 1. The first kappa shape index (κ1) is 20.0. The zero-order valence-corrected chi connectivity index (χ0v) is 15.9. The number of carbonyl (C=O) groups excluding carboxylic acids is 1. The van der Waals surface area contributed by atoms with Gasteiger partial charge in [-0.1, -0.05) is 13.8 Å². The fourth-order valence-electron chi connectivity index (χ4n) is 2.72. The van der Waals surface area contributed by atoms with Crippen LogP contribution < -0.4 is 10.4 Å². The standard InChI is InChI=1S/C20H26O6/c1-12(2)10-18(22)25-16(20(3,4)23)11-14-15(24-5)8-6-13-7-9-17(21)26-19(13)14/h6-9,12,16,23H,10-11H2,1-5H3/t16-/m1/s1. The molecule has 26 heavy (non-hydrogen) atoms.